The Kier molecular flexibility index (Phi) is 7.41. The predicted octanol–water partition coefficient (Wildman–Crippen LogP) is 3.30. The maximum atomic E-state index is 12.4. The number of carbonyl (C=O) groups excluding carboxylic acids is 1. The van der Waals surface area contributed by atoms with Crippen molar-refractivity contribution in [2.75, 3.05) is 33.1 Å². The van der Waals surface area contributed by atoms with Gasteiger partial charge in [0.15, 0.2) is 11.5 Å². The summed E-state index contributed by atoms with van der Waals surface area (Å²) in [7, 11) is 0.883. The third kappa shape index (κ3) is 5.58. The smallest absolute Gasteiger partial charge is 0.248 e. The van der Waals surface area contributed by atoms with Crippen LogP contribution >= 0.6 is 0 Å². The molecule has 0 bridgehead atoms. The van der Waals surface area contributed by atoms with Gasteiger partial charge in [-0.15, -0.1) is 0 Å². The van der Waals surface area contributed by atoms with Gasteiger partial charge < -0.3 is 14.8 Å². The molecular formula is C21H26N2O5S. The molecule has 2 aromatic carbocycles. The quantitative estimate of drug-likeness (QED) is 0.665. The van der Waals surface area contributed by atoms with Crippen molar-refractivity contribution >= 4 is 27.7 Å². The highest BCUT2D eigenvalue weighted by atomic mass is 32.2. The second-order valence-electron chi connectivity index (χ2n) is 6.43. The zero-order chi connectivity index (χ0) is 21.6. The molecule has 7 nitrogen and oxygen atoms in total. The third-order valence-corrected chi connectivity index (χ3v) is 6.09. The number of rotatable bonds is 8. The van der Waals surface area contributed by atoms with Gasteiger partial charge in [0.05, 0.1) is 18.6 Å². The minimum absolute atomic E-state index is 0.153. The lowest BCUT2D eigenvalue weighted by Crippen LogP contribution is -2.23. The normalized spacial score (nSPS) is 11.7. The van der Waals surface area contributed by atoms with Crippen molar-refractivity contribution in [2.24, 2.45) is 0 Å². The minimum Gasteiger partial charge on any atom is -0.493 e. The van der Waals surface area contributed by atoms with Gasteiger partial charge in [0, 0.05) is 25.9 Å². The van der Waals surface area contributed by atoms with Crippen LogP contribution < -0.4 is 14.8 Å². The summed E-state index contributed by atoms with van der Waals surface area (Å²) in [6, 6.07) is 10.1. The zero-order valence-electron chi connectivity index (χ0n) is 17.2. The molecule has 2 aromatic rings. The third-order valence-electron chi connectivity index (χ3n) is 4.13. The Labute approximate surface area is 172 Å². The van der Waals surface area contributed by atoms with E-state index in [2.05, 4.69) is 5.32 Å². The molecule has 0 aliphatic carbocycles. The van der Waals surface area contributed by atoms with Crippen LogP contribution in [0.2, 0.25) is 0 Å². The summed E-state index contributed by atoms with van der Waals surface area (Å²) < 4.78 is 36.7. The maximum Gasteiger partial charge on any atom is 0.248 e. The number of hydrogen-bond donors (Lipinski definition) is 1. The van der Waals surface area contributed by atoms with Gasteiger partial charge in [-0.3, -0.25) is 4.79 Å². The number of nitrogens with one attached hydrogen (secondary N) is 1. The van der Waals surface area contributed by atoms with Crippen molar-refractivity contribution in [3.05, 3.63) is 53.6 Å². The summed E-state index contributed by atoms with van der Waals surface area (Å²) in [5.74, 6) is 0.826. The molecule has 0 saturated heterocycles. The minimum atomic E-state index is -3.60. The summed E-state index contributed by atoms with van der Waals surface area (Å²) in [4.78, 5) is 12.4. The van der Waals surface area contributed by atoms with Crippen molar-refractivity contribution in [1.82, 2.24) is 4.31 Å². The number of carbonyl (C=O) groups is 1. The molecule has 0 aromatic heterocycles. The van der Waals surface area contributed by atoms with Gasteiger partial charge in [0.1, 0.15) is 0 Å². The lowest BCUT2D eigenvalue weighted by atomic mass is 10.2. The highest BCUT2D eigenvalue weighted by molar-refractivity contribution is 7.89. The Balaban J connectivity index is 2.17. The summed E-state index contributed by atoms with van der Waals surface area (Å²) in [6.07, 6.45) is 3.01. The highest BCUT2D eigenvalue weighted by Crippen LogP contribution is 2.28. The molecule has 156 valence electrons. The molecule has 2 rings (SSSR count). The maximum absolute atomic E-state index is 12.4. The fourth-order valence-electron chi connectivity index (χ4n) is 2.57. The number of benzene rings is 2. The Hall–Kier alpha value is -2.84. The second kappa shape index (κ2) is 9.58. The first-order chi connectivity index (χ1) is 13.7. The number of sulfonamides is 1. The van der Waals surface area contributed by atoms with Gasteiger partial charge in [0.25, 0.3) is 0 Å². The first-order valence-corrected chi connectivity index (χ1v) is 10.5. The Morgan fingerprint density at radius 1 is 1.14 bits per heavy atom. The molecule has 0 aliphatic rings. The van der Waals surface area contributed by atoms with E-state index in [1.165, 1.54) is 26.2 Å². The number of aryl methyl sites for hydroxylation is 1. The molecule has 0 saturated carbocycles. The van der Waals surface area contributed by atoms with E-state index >= 15 is 0 Å². The van der Waals surface area contributed by atoms with Crippen LogP contribution in [0.25, 0.3) is 6.08 Å². The molecule has 0 atom stereocenters. The summed E-state index contributed by atoms with van der Waals surface area (Å²) in [5, 5.41) is 2.69. The van der Waals surface area contributed by atoms with Crippen molar-refractivity contribution in [3.63, 3.8) is 0 Å². The Morgan fingerprint density at radius 2 is 1.86 bits per heavy atom. The molecular weight excluding hydrogens is 392 g/mol. The van der Waals surface area contributed by atoms with E-state index in [-0.39, 0.29) is 10.8 Å². The second-order valence-corrected chi connectivity index (χ2v) is 8.55. The zero-order valence-corrected chi connectivity index (χ0v) is 18.0. The van der Waals surface area contributed by atoms with Crippen LogP contribution in [0.5, 0.6) is 11.5 Å². The van der Waals surface area contributed by atoms with E-state index in [9.17, 15) is 13.2 Å². The van der Waals surface area contributed by atoms with Crippen molar-refractivity contribution < 1.29 is 22.7 Å². The lowest BCUT2D eigenvalue weighted by molar-refractivity contribution is -0.111. The van der Waals surface area contributed by atoms with E-state index in [1.807, 2.05) is 13.0 Å². The SMILES string of the molecule is CCOc1ccc(C=CC(=O)Nc2ccc(C)c(S(=O)(=O)N(C)C)c2)cc1OC. The van der Waals surface area contributed by atoms with Gasteiger partial charge in [-0.25, -0.2) is 12.7 Å². The number of nitrogens with zero attached hydrogens (tertiary/aromatic N) is 1. The van der Waals surface area contributed by atoms with Gasteiger partial charge in [-0.1, -0.05) is 12.1 Å². The van der Waals surface area contributed by atoms with Crippen LogP contribution in [-0.4, -0.2) is 46.4 Å². The summed E-state index contributed by atoms with van der Waals surface area (Å²) in [5.41, 5.74) is 1.77. The molecule has 29 heavy (non-hydrogen) atoms. The van der Waals surface area contributed by atoms with Gasteiger partial charge in [-0.2, -0.15) is 0 Å². The van der Waals surface area contributed by atoms with Gasteiger partial charge in [-0.05, 0) is 55.3 Å². The van der Waals surface area contributed by atoms with E-state index in [0.29, 0.717) is 29.4 Å². The van der Waals surface area contributed by atoms with Crippen LogP contribution in [0.1, 0.15) is 18.1 Å². The molecule has 0 aliphatic heterocycles. The number of anilines is 1. The van der Waals surface area contributed by atoms with Crippen LogP contribution in [0, 0.1) is 6.92 Å². The van der Waals surface area contributed by atoms with Crippen molar-refractivity contribution in [2.45, 2.75) is 18.7 Å². The molecule has 0 fully saturated rings. The van der Waals surface area contributed by atoms with Crippen LogP contribution in [-0.2, 0) is 14.8 Å². The number of amides is 1. The van der Waals surface area contributed by atoms with Crippen molar-refractivity contribution in [3.8, 4) is 11.5 Å². The largest absolute Gasteiger partial charge is 0.493 e. The molecule has 1 amide bonds. The lowest BCUT2D eigenvalue weighted by Gasteiger charge is -2.14. The molecule has 1 N–H and O–H groups in total. The van der Waals surface area contributed by atoms with E-state index in [1.54, 1.807) is 44.4 Å². The van der Waals surface area contributed by atoms with Crippen LogP contribution in [0.3, 0.4) is 0 Å². The predicted molar refractivity (Wildman–Crippen MR) is 114 cm³/mol. The molecule has 8 heteroatoms. The van der Waals surface area contributed by atoms with Gasteiger partial charge in [0.2, 0.25) is 15.9 Å². The first-order valence-electron chi connectivity index (χ1n) is 9.02. The number of ether oxygens (including phenoxy) is 2. The van der Waals surface area contributed by atoms with Crippen LogP contribution in [0.15, 0.2) is 47.4 Å². The van der Waals surface area contributed by atoms with E-state index in [4.69, 9.17) is 9.47 Å². The Morgan fingerprint density at radius 3 is 2.48 bits per heavy atom. The fourth-order valence-corrected chi connectivity index (χ4v) is 3.72. The fraction of sp³-hybridized carbons (Fsp3) is 0.286. The number of hydrogen-bond acceptors (Lipinski definition) is 5. The average molecular weight is 419 g/mol. The molecule has 0 heterocycles. The number of methoxy groups -OCH3 is 1. The van der Waals surface area contributed by atoms with Crippen LogP contribution in [0.4, 0.5) is 5.69 Å². The monoisotopic (exact) mass is 418 g/mol. The van der Waals surface area contributed by atoms with E-state index in [0.717, 1.165) is 9.87 Å². The van der Waals surface area contributed by atoms with Gasteiger partial charge >= 0.3 is 0 Å². The average Bonchev–Trinajstić information content (AvgIpc) is 2.68. The summed E-state index contributed by atoms with van der Waals surface area (Å²) >= 11 is 0. The standard InChI is InChI=1S/C21H26N2O5S/c1-6-28-18-11-8-16(13-19(18)27-5)9-12-21(24)22-17-10-7-15(2)20(14-17)29(25,26)23(3)4/h7-14H,6H2,1-5H3,(H,22,24). The van der Waals surface area contributed by atoms with E-state index < -0.39 is 10.0 Å². The molecule has 0 spiro atoms. The summed E-state index contributed by atoms with van der Waals surface area (Å²) in [6.45, 7) is 4.12. The molecule has 0 unspecified atom stereocenters. The Bertz CT molecular complexity index is 1010. The molecule has 0 radical (unpaired) electrons. The highest BCUT2D eigenvalue weighted by Gasteiger charge is 2.20. The topological polar surface area (TPSA) is 84.9 Å². The first kappa shape index (κ1) is 22.4. The van der Waals surface area contributed by atoms with Crippen molar-refractivity contribution in [1.29, 1.82) is 0 Å².